The molecule has 2 N–H and O–H groups in total. The molecule has 0 amide bonds. The molecule has 5 heteroatoms. The summed E-state index contributed by atoms with van der Waals surface area (Å²) in [6.45, 7) is 18.1. The summed E-state index contributed by atoms with van der Waals surface area (Å²) in [7, 11) is 0. The summed E-state index contributed by atoms with van der Waals surface area (Å²) >= 11 is 0. The van der Waals surface area contributed by atoms with Crippen LogP contribution in [0.15, 0.2) is 0 Å². The molecule has 0 aliphatic heterocycles. The van der Waals surface area contributed by atoms with Crippen LogP contribution in [-0.2, 0) is 22.4 Å². The van der Waals surface area contributed by atoms with Crippen molar-refractivity contribution in [1.82, 2.24) is 0 Å². The summed E-state index contributed by atoms with van der Waals surface area (Å²) in [6.07, 6.45) is 0. The van der Waals surface area contributed by atoms with Gasteiger partial charge in [-0.3, -0.25) is 0 Å². The van der Waals surface area contributed by atoms with Crippen molar-refractivity contribution in [2.75, 3.05) is 39.3 Å². The van der Waals surface area contributed by atoms with Gasteiger partial charge in [-0.15, -0.1) is 0 Å². The molecular formula is C12H32N4Ta-4. The van der Waals surface area contributed by atoms with Gasteiger partial charge in [0, 0.05) is 22.4 Å². The molecule has 0 aliphatic carbocycles. The topological polar surface area (TPSA) is 75.8 Å². The third-order valence-corrected chi connectivity index (χ3v) is 1.34. The zero-order chi connectivity index (χ0) is 12.4. The van der Waals surface area contributed by atoms with Crippen molar-refractivity contribution in [3.63, 3.8) is 0 Å². The molecule has 0 unspecified atom stereocenters. The van der Waals surface area contributed by atoms with E-state index in [-0.39, 0.29) is 28.5 Å². The maximum absolute atomic E-state index is 3.97. The molecule has 0 rings (SSSR count). The van der Waals surface area contributed by atoms with Gasteiger partial charge in [-0.25, -0.2) is 0 Å². The fourth-order valence-electron chi connectivity index (χ4n) is 0.671. The van der Waals surface area contributed by atoms with Crippen molar-refractivity contribution in [1.29, 1.82) is 0 Å². The second-order valence-corrected chi connectivity index (χ2v) is 2.57. The van der Waals surface area contributed by atoms with E-state index in [1.165, 1.54) is 0 Å². The Morgan fingerprint density at radius 3 is 0.588 bits per heavy atom. The summed E-state index contributed by atoms with van der Waals surface area (Å²) in [4.78, 5) is 0. The molecule has 17 heavy (non-hydrogen) atoms. The van der Waals surface area contributed by atoms with Crippen molar-refractivity contribution in [2.45, 2.75) is 41.5 Å². The van der Waals surface area contributed by atoms with E-state index in [0.29, 0.717) is 0 Å². The Morgan fingerprint density at radius 2 is 0.588 bits per heavy atom. The summed E-state index contributed by atoms with van der Waals surface area (Å²) in [5, 5.41) is 11.9. The Balaban J connectivity index is -0.0000000400. The molecule has 0 spiro atoms. The van der Waals surface area contributed by atoms with Crippen LogP contribution in [0.4, 0.5) is 0 Å². The van der Waals surface area contributed by atoms with E-state index >= 15 is 0 Å². The molecule has 0 saturated heterocycles. The van der Waals surface area contributed by atoms with Gasteiger partial charge in [0.1, 0.15) is 0 Å². The fourth-order valence-corrected chi connectivity index (χ4v) is 0.671. The molecule has 0 bridgehead atoms. The molecule has 4 nitrogen and oxygen atoms in total. The monoisotopic (exact) mass is 413 g/mol. The van der Waals surface area contributed by atoms with Crippen molar-refractivity contribution < 1.29 is 22.4 Å². The standard InChI is InChI=1S/3C4H10N.H2N.Ta/c3*1-3-5-4-2;;/h3*3-4H2,1-2H3;1H2;/q4*-1;. The van der Waals surface area contributed by atoms with Crippen LogP contribution in [0.5, 0.6) is 0 Å². The normalized spacial score (nSPS) is 7.41. The van der Waals surface area contributed by atoms with Crippen LogP contribution >= 0.6 is 0 Å². The molecule has 0 atom stereocenters. The minimum absolute atomic E-state index is 0. The minimum atomic E-state index is 0. The molecule has 0 aromatic rings. The van der Waals surface area contributed by atoms with Crippen LogP contribution in [0.3, 0.4) is 0 Å². The van der Waals surface area contributed by atoms with Gasteiger partial charge < -0.3 is 22.1 Å². The van der Waals surface area contributed by atoms with Gasteiger partial charge in [-0.05, 0) is 0 Å². The Bertz CT molecular complexity index is 55.3. The van der Waals surface area contributed by atoms with Crippen molar-refractivity contribution in [3.05, 3.63) is 22.1 Å². The predicted octanol–water partition coefficient (Wildman–Crippen LogP) is 4.91. The number of rotatable bonds is 6. The van der Waals surface area contributed by atoms with E-state index in [1.807, 2.05) is 41.5 Å². The number of nitrogens with two attached hydrogens (primary N) is 1. The largest absolute Gasteiger partial charge is 0.693 e. The van der Waals surface area contributed by atoms with Crippen LogP contribution < -0.4 is 0 Å². The van der Waals surface area contributed by atoms with Crippen LogP contribution in [0.1, 0.15) is 41.5 Å². The zero-order valence-corrected chi connectivity index (χ0v) is 15.8. The van der Waals surface area contributed by atoms with E-state index in [2.05, 4.69) is 16.0 Å². The van der Waals surface area contributed by atoms with Gasteiger partial charge >= 0.3 is 0 Å². The van der Waals surface area contributed by atoms with E-state index in [4.69, 9.17) is 0 Å². The minimum Gasteiger partial charge on any atom is -0.693 e. The van der Waals surface area contributed by atoms with Crippen molar-refractivity contribution in [3.8, 4) is 0 Å². The van der Waals surface area contributed by atoms with Crippen molar-refractivity contribution in [2.24, 2.45) is 0 Å². The zero-order valence-electron chi connectivity index (χ0n) is 12.6. The Kier molecular flexibility index (Phi) is 78.8. The quantitative estimate of drug-likeness (QED) is 0.593. The summed E-state index contributed by atoms with van der Waals surface area (Å²) in [5.74, 6) is 0. The fraction of sp³-hybridized carbons (Fsp3) is 1.00. The Hall–Kier alpha value is 0.580. The van der Waals surface area contributed by atoms with Gasteiger partial charge in [0.15, 0.2) is 0 Å². The molecular weight excluding hydrogens is 381 g/mol. The maximum atomic E-state index is 3.97. The SMILES string of the molecule is CC[N-]CC.CC[N-]CC.CC[N-]CC.[NH2-].[Ta]. The van der Waals surface area contributed by atoms with Gasteiger partial charge in [-0.1, -0.05) is 41.5 Å². The molecule has 0 aromatic carbocycles. The van der Waals surface area contributed by atoms with Gasteiger partial charge in [0.05, 0.1) is 0 Å². The smallest absolute Gasteiger partial charge is 0 e. The second-order valence-electron chi connectivity index (χ2n) is 2.57. The molecule has 0 heterocycles. The van der Waals surface area contributed by atoms with E-state index in [0.717, 1.165) is 39.3 Å². The first-order valence-corrected chi connectivity index (χ1v) is 6.14. The van der Waals surface area contributed by atoms with Crippen molar-refractivity contribution >= 4 is 0 Å². The van der Waals surface area contributed by atoms with E-state index < -0.39 is 0 Å². The summed E-state index contributed by atoms with van der Waals surface area (Å²) in [6, 6.07) is 0. The van der Waals surface area contributed by atoms with Crippen LogP contribution in [-0.4, -0.2) is 39.3 Å². The Morgan fingerprint density at radius 1 is 0.471 bits per heavy atom. The van der Waals surface area contributed by atoms with Gasteiger partial charge in [0.2, 0.25) is 0 Å². The average Bonchev–Trinajstić information content (AvgIpc) is 2.23. The third kappa shape index (κ3) is 81.4. The van der Waals surface area contributed by atoms with E-state index in [1.54, 1.807) is 0 Å². The maximum Gasteiger partial charge on any atom is 0 e. The van der Waals surface area contributed by atoms with Gasteiger partial charge in [-0.2, -0.15) is 39.3 Å². The average molecular weight is 413 g/mol. The molecule has 0 fully saturated rings. The molecule has 0 aromatic heterocycles. The molecule has 0 aliphatic rings. The first-order valence-electron chi connectivity index (χ1n) is 6.14. The molecule has 109 valence electrons. The second kappa shape index (κ2) is 43.9. The molecule has 1 radical (unpaired) electrons. The van der Waals surface area contributed by atoms with Crippen LogP contribution in [0.25, 0.3) is 22.1 Å². The first kappa shape index (κ1) is 30.5. The summed E-state index contributed by atoms with van der Waals surface area (Å²) < 4.78 is 0. The summed E-state index contributed by atoms with van der Waals surface area (Å²) in [5.41, 5.74) is 0. The third-order valence-electron chi connectivity index (χ3n) is 1.34. The van der Waals surface area contributed by atoms with Gasteiger partial charge in [0.25, 0.3) is 0 Å². The number of nitrogens with zero attached hydrogens (tertiary/aromatic N) is 3. The predicted molar refractivity (Wildman–Crippen MR) is 78.6 cm³/mol. The number of hydrogen-bond acceptors (Lipinski definition) is 0. The Labute approximate surface area is 125 Å². The van der Waals surface area contributed by atoms with Crippen LogP contribution in [0.2, 0.25) is 0 Å². The first-order chi connectivity index (χ1) is 7.24. The van der Waals surface area contributed by atoms with Crippen LogP contribution in [0, 0.1) is 0 Å². The molecule has 0 saturated carbocycles. The van der Waals surface area contributed by atoms with E-state index in [9.17, 15) is 0 Å². The number of hydrogen-bond donors (Lipinski definition) is 0.